The molecule has 1 aromatic carbocycles. The molecule has 1 N–H and O–H groups in total. The van der Waals surface area contributed by atoms with E-state index >= 15 is 0 Å². The van der Waals surface area contributed by atoms with Crippen LogP contribution >= 0.6 is 23.2 Å². The molecule has 1 aromatic rings. The van der Waals surface area contributed by atoms with Crippen LogP contribution in [0.15, 0.2) is 40.8 Å². The maximum atomic E-state index is 13.7. The van der Waals surface area contributed by atoms with E-state index in [9.17, 15) is 22.4 Å². The molecule has 0 aromatic heterocycles. The standard InChI is InChI=1S/C18H22Cl2FNO6S/c1-11(2)8-9-27-18(24)28-15(14(10-21)22-17(23)16(19)20)12-4-6-13(7-5-12)29(3,25)26/h4-8,14-16H,9-10H2,1-3H3,(H,22,23). The first-order valence-electron chi connectivity index (χ1n) is 8.37. The van der Waals surface area contributed by atoms with Crippen molar-refractivity contribution in [3.63, 3.8) is 0 Å². The molecular weight excluding hydrogens is 448 g/mol. The summed E-state index contributed by atoms with van der Waals surface area (Å²) in [5.41, 5.74) is 1.15. The lowest BCUT2D eigenvalue weighted by Gasteiger charge is -2.26. The van der Waals surface area contributed by atoms with Crippen LogP contribution in [0.2, 0.25) is 0 Å². The van der Waals surface area contributed by atoms with Crippen molar-refractivity contribution in [1.29, 1.82) is 0 Å². The maximum absolute atomic E-state index is 13.7. The fraction of sp³-hybridized carbons (Fsp3) is 0.444. The van der Waals surface area contributed by atoms with Gasteiger partial charge in [-0.1, -0.05) is 40.9 Å². The van der Waals surface area contributed by atoms with Gasteiger partial charge in [0, 0.05) is 6.26 Å². The molecule has 0 radical (unpaired) electrons. The third-order valence-electron chi connectivity index (χ3n) is 3.61. The minimum atomic E-state index is -3.46. The second-order valence-electron chi connectivity index (χ2n) is 6.29. The monoisotopic (exact) mass is 469 g/mol. The van der Waals surface area contributed by atoms with Crippen molar-refractivity contribution in [3.8, 4) is 0 Å². The predicted molar refractivity (Wildman–Crippen MR) is 108 cm³/mol. The number of carbonyl (C=O) groups is 2. The van der Waals surface area contributed by atoms with Crippen LogP contribution in [0, 0.1) is 0 Å². The van der Waals surface area contributed by atoms with E-state index in [1.807, 2.05) is 13.8 Å². The van der Waals surface area contributed by atoms with Crippen LogP contribution in [0.4, 0.5) is 9.18 Å². The zero-order chi connectivity index (χ0) is 22.2. The maximum Gasteiger partial charge on any atom is 0.509 e. The number of halogens is 3. The summed E-state index contributed by atoms with van der Waals surface area (Å²) in [5, 5.41) is 2.25. The van der Waals surface area contributed by atoms with E-state index in [0.29, 0.717) is 0 Å². The molecule has 0 bridgehead atoms. The van der Waals surface area contributed by atoms with Gasteiger partial charge in [0.05, 0.1) is 10.9 Å². The Hall–Kier alpha value is -1.84. The summed E-state index contributed by atoms with van der Waals surface area (Å²) in [6.07, 6.45) is 0.254. The average Bonchev–Trinajstić information content (AvgIpc) is 2.63. The van der Waals surface area contributed by atoms with E-state index in [4.69, 9.17) is 32.7 Å². The Morgan fingerprint density at radius 2 is 1.79 bits per heavy atom. The van der Waals surface area contributed by atoms with Crippen molar-refractivity contribution in [2.24, 2.45) is 0 Å². The van der Waals surface area contributed by atoms with E-state index in [2.05, 4.69) is 5.32 Å². The molecule has 162 valence electrons. The number of benzene rings is 1. The Balaban J connectivity index is 3.14. The van der Waals surface area contributed by atoms with Crippen molar-refractivity contribution in [2.45, 2.75) is 35.7 Å². The molecule has 7 nitrogen and oxygen atoms in total. The van der Waals surface area contributed by atoms with E-state index in [0.717, 1.165) is 11.8 Å². The van der Waals surface area contributed by atoms with Gasteiger partial charge in [0.25, 0.3) is 5.91 Å². The molecule has 0 aliphatic heterocycles. The highest BCUT2D eigenvalue weighted by molar-refractivity contribution is 7.90. The molecule has 0 aliphatic carbocycles. The van der Waals surface area contributed by atoms with Gasteiger partial charge in [-0.3, -0.25) is 4.79 Å². The lowest BCUT2D eigenvalue weighted by molar-refractivity contribution is -0.121. The van der Waals surface area contributed by atoms with E-state index in [1.54, 1.807) is 6.08 Å². The highest BCUT2D eigenvalue weighted by Gasteiger charge is 2.31. The lowest BCUT2D eigenvalue weighted by Crippen LogP contribution is -2.44. The molecule has 29 heavy (non-hydrogen) atoms. The van der Waals surface area contributed by atoms with Crippen LogP contribution in [0.25, 0.3) is 0 Å². The van der Waals surface area contributed by atoms with Crippen LogP contribution in [0.5, 0.6) is 0 Å². The van der Waals surface area contributed by atoms with Crippen LogP contribution in [-0.2, 0) is 24.1 Å². The summed E-state index contributed by atoms with van der Waals surface area (Å²) in [7, 11) is -3.46. The molecule has 0 heterocycles. The Morgan fingerprint density at radius 1 is 1.21 bits per heavy atom. The first-order chi connectivity index (χ1) is 13.5. The van der Waals surface area contributed by atoms with Crippen molar-refractivity contribution >= 4 is 45.1 Å². The average molecular weight is 470 g/mol. The molecule has 2 unspecified atom stereocenters. The summed E-state index contributed by atoms with van der Waals surface area (Å²) in [4.78, 5) is 22.3. The molecule has 0 aliphatic rings. The predicted octanol–water partition coefficient (Wildman–Crippen LogP) is 3.51. The smallest absolute Gasteiger partial charge is 0.430 e. The number of amides is 1. The molecule has 0 saturated heterocycles. The van der Waals surface area contributed by atoms with Crippen molar-refractivity contribution in [2.75, 3.05) is 19.5 Å². The molecule has 11 heteroatoms. The van der Waals surface area contributed by atoms with Gasteiger partial charge >= 0.3 is 6.16 Å². The van der Waals surface area contributed by atoms with E-state index < -0.39 is 45.6 Å². The number of alkyl halides is 3. The number of ether oxygens (including phenoxy) is 2. The quantitative estimate of drug-likeness (QED) is 0.337. The van der Waals surface area contributed by atoms with Gasteiger partial charge in [0.1, 0.15) is 13.3 Å². The fourth-order valence-electron chi connectivity index (χ4n) is 2.14. The molecule has 0 fully saturated rings. The van der Waals surface area contributed by atoms with Crippen molar-refractivity contribution < 1.29 is 31.9 Å². The largest absolute Gasteiger partial charge is 0.509 e. The molecule has 0 saturated carbocycles. The second kappa shape index (κ2) is 11.4. The molecule has 1 amide bonds. The zero-order valence-corrected chi connectivity index (χ0v) is 18.4. The molecule has 1 rings (SSSR count). The fourth-order valence-corrected chi connectivity index (χ4v) is 2.90. The number of rotatable bonds is 9. The highest BCUT2D eigenvalue weighted by atomic mass is 35.5. The summed E-state index contributed by atoms with van der Waals surface area (Å²) in [6.45, 7) is 2.44. The van der Waals surface area contributed by atoms with Crippen LogP contribution in [-0.4, -0.2) is 50.9 Å². The van der Waals surface area contributed by atoms with Gasteiger partial charge < -0.3 is 14.8 Å². The minimum Gasteiger partial charge on any atom is -0.430 e. The summed E-state index contributed by atoms with van der Waals surface area (Å²) in [6, 6.07) is 3.91. The molecule has 0 spiro atoms. The van der Waals surface area contributed by atoms with E-state index in [1.165, 1.54) is 24.3 Å². The van der Waals surface area contributed by atoms with Gasteiger partial charge in [-0.25, -0.2) is 17.6 Å². The van der Waals surface area contributed by atoms with Gasteiger partial charge in [0.15, 0.2) is 20.8 Å². The number of hydrogen-bond acceptors (Lipinski definition) is 6. The Morgan fingerprint density at radius 3 is 2.24 bits per heavy atom. The second-order valence-corrected chi connectivity index (χ2v) is 9.40. The van der Waals surface area contributed by atoms with Gasteiger partial charge in [-0.2, -0.15) is 0 Å². The topological polar surface area (TPSA) is 98.8 Å². The third-order valence-corrected chi connectivity index (χ3v) is 5.14. The van der Waals surface area contributed by atoms with Gasteiger partial charge in [-0.05, 0) is 37.6 Å². The van der Waals surface area contributed by atoms with E-state index in [-0.39, 0.29) is 17.1 Å². The number of sulfone groups is 1. The van der Waals surface area contributed by atoms with Gasteiger partial charge in [-0.15, -0.1) is 0 Å². The Labute approximate surface area is 179 Å². The lowest BCUT2D eigenvalue weighted by atomic mass is 10.0. The first-order valence-corrected chi connectivity index (χ1v) is 11.1. The number of nitrogens with one attached hydrogen (secondary N) is 1. The van der Waals surface area contributed by atoms with Crippen molar-refractivity contribution in [1.82, 2.24) is 5.32 Å². The van der Waals surface area contributed by atoms with Crippen LogP contribution < -0.4 is 5.32 Å². The zero-order valence-electron chi connectivity index (χ0n) is 16.0. The van der Waals surface area contributed by atoms with Gasteiger partial charge in [0.2, 0.25) is 0 Å². The number of hydrogen-bond donors (Lipinski definition) is 1. The van der Waals surface area contributed by atoms with Crippen LogP contribution in [0.3, 0.4) is 0 Å². The summed E-state index contributed by atoms with van der Waals surface area (Å²) >= 11 is 11.0. The summed E-state index contributed by atoms with van der Waals surface area (Å²) < 4.78 is 47.0. The molecular formula is C18H22Cl2FNO6S. The SMILES string of the molecule is CC(C)=CCOC(=O)OC(c1ccc(S(C)(=O)=O)cc1)C(CF)NC(=O)C(Cl)Cl. The Bertz CT molecular complexity index is 838. The normalized spacial score (nSPS) is 13.3. The first kappa shape index (κ1) is 25.2. The third kappa shape index (κ3) is 8.59. The minimum absolute atomic E-state index is 0.0218. The number of allylic oxidation sites excluding steroid dienone is 1. The van der Waals surface area contributed by atoms with Crippen LogP contribution in [0.1, 0.15) is 25.5 Å². The van der Waals surface area contributed by atoms with Crippen molar-refractivity contribution in [3.05, 3.63) is 41.5 Å². The Kier molecular flexibility index (Phi) is 9.88. The molecule has 2 atom stereocenters. The summed E-state index contributed by atoms with van der Waals surface area (Å²) in [5.74, 6) is -0.879. The number of carbonyl (C=O) groups excluding carboxylic acids is 2. The highest BCUT2D eigenvalue weighted by Crippen LogP contribution is 2.25.